The van der Waals surface area contributed by atoms with Gasteiger partial charge in [-0.2, -0.15) is 0 Å². The third kappa shape index (κ3) is 1.89. The number of rotatable bonds is 4. The number of benzene rings is 1. The Kier molecular flexibility index (Phi) is 2.66. The highest BCUT2D eigenvalue weighted by Gasteiger charge is 2.65. The van der Waals surface area contributed by atoms with E-state index in [0.29, 0.717) is 5.92 Å². The van der Waals surface area contributed by atoms with Crippen LogP contribution in [0.4, 0.5) is 0 Å². The molecule has 0 N–H and O–H groups in total. The first-order chi connectivity index (χ1) is 10.1. The zero-order chi connectivity index (χ0) is 14.6. The molecular formula is C19H20O2. The van der Waals surface area contributed by atoms with Gasteiger partial charge in [0, 0.05) is 5.41 Å². The quantitative estimate of drug-likeness (QED) is 0.765. The molecule has 2 fully saturated rings. The highest BCUT2D eigenvalue weighted by atomic mass is 16.3. The molecule has 2 aliphatic rings. The van der Waals surface area contributed by atoms with E-state index < -0.39 is 0 Å². The van der Waals surface area contributed by atoms with Crippen LogP contribution in [0.2, 0.25) is 0 Å². The monoisotopic (exact) mass is 280 g/mol. The van der Waals surface area contributed by atoms with Crippen molar-refractivity contribution in [2.45, 2.75) is 44.4 Å². The van der Waals surface area contributed by atoms with Gasteiger partial charge in [-0.3, -0.25) is 4.79 Å². The fourth-order valence-corrected chi connectivity index (χ4v) is 3.96. The molecule has 2 heteroatoms. The summed E-state index contributed by atoms with van der Waals surface area (Å²) in [5.41, 5.74) is 2.31. The van der Waals surface area contributed by atoms with Crippen molar-refractivity contribution in [3.63, 3.8) is 0 Å². The second-order valence-corrected chi connectivity index (χ2v) is 6.62. The first kappa shape index (κ1) is 12.9. The summed E-state index contributed by atoms with van der Waals surface area (Å²) in [4.78, 5) is 11.7. The predicted octanol–water partition coefficient (Wildman–Crippen LogP) is 4.63. The Morgan fingerprint density at radius 2 is 1.95 bits per heavy atom. The summed E-state index contributed by atoms with van der Waals surface area (Å²) in [6, 6.07) is 12.7. The fraction of sp³-hybridized carbons (Fsp3) is 0.421. The Morgan fingerprint density at radius 3 is 2.52 bits per heavy atom. The van der Waals surface area contributed by atoms with Crippen LogP contribution in [-0.4, -0.2) is 5.78 Å². The van der Waals surface area contributed by atoms with E-state index in [2.05, 4.69) is 30.3 Å². The number of carbonyl (C=O) groups is 1. The largest absolute Gasteiger partial charge is 0.465 e. The van der Waals surface area contributed by atoms with E-state index in [9.17, 15) is 4.79 Å². The van der Waals surface area contributed by atoms with Crippen LogP contribution in [0, 0.1) is 12.8 Å². The van der Waals surface area contributed by atoms with E-state index in [1.54, 1.807) is 6.92 Å². The van der Waals surface area contributed by atoms with Crippen molar-refractivity contribution in [1.82, 2.24) is 0 Å². The molecule has 1 aromatic carbocycles. The first-order valence-electron chi connectivity index (χ1n) is 7.79. The summed E-state index contributed by atoms with van der Waals surface area (Å²) in [7, 11) is 0. The highest BCUT2D eigenvalue weighted by Crippen LogP contribution is 2.70. The SMILES string of the molecule is CC(=O)c1cc([C@]2(C3CC3)C[C@H]2c2ccccc2)oc1C. The normalized spacial score (nSPS) is 27.6. The number of carbonyl (C=O) groups excluding carboxylic acids is 1. The maximum atomic E-state index is 11.7. The molecule has 0 amide bonds. The molecule has 0 radical (unpaired) electrons. The zero-order valence-electron chi connectivity index (χ0n) is 12.6. The number of hydrogen-bond acceptors (Lipinski definition) is 2. The molecule has 0 saturated heterocycles. The van der Waals surface area contributed by atoms with Crippen LogP contribution in [0.25, 0.3) is 0 Å². The smallest absolute Gasteiger partial charge is 0.163 e. The average molecular weight is 280 g/mol. The number of hydrogen-bond donors (Lipinski definition) is 0. The number of aryl methyl sites for hydroxylation is 1. The van der Waals surface area contributed by atoms with Gasteiger partial charge in [-0.15, -0.1) is 0 Å². The fourth-order valence-electron chi connectivity index (χ4n) is 3.96. The van der Waals surface area contributed by atoms with Crippen LogP contribution in [0.5, 0.6) is 0 Å². The minimum absolute atomic E-state index is 0.102. The van der Waals surface area contributed by atoms with Gasteiger partial charge in [0.15, 0.2) is 5.78 Å². The topological polar surface area (TPSA) is 30.2 Å². The minimum atomic E-state index is 0.102. The maximum absolute atomic E-state index is 11.7. The Morgan fingerprint density at radius 1 is 1.24 bits per heavy atom. The van der Waals surface area contributed by atoms with Gasteiger partial charge >= 0.3 is 0 Å². The average Bonchev–Trinajstić information content (AvgIpc) is 3.36. The van der Waals surface area contributed by atoms with E-state index in [-0.39, 0.29) is 11.2 Å². The van der Waals surface area contributed by atoms with Gasteiger partial charge in [0.05, 0.1) is 5.56 Å². The van der Waals surface area contributed by atoms with Crippen molar-refractivity contribution in [3.05, 3.63) is 59.0 Å². The summed E-state index contributed by atoms with van der Waals surface area (Å²) in [5.74, 6) is 3.20. The lowest BCUT2D eigenvalue weighted by Gasteiger charge is -2.14. The second kappa shape index (κ2) is 4.33. The molecule has 108 valence electrons. The second-order valence-electron chi connectivity index (χ2n) is 6.62. The van der Waals surface area contributed by atoms with Gasteiger partial charge in [-0.25, -0.2) is 0 Å². The third-order valence-electron chi connectivity index (χ3n) is 5.27. The van der Waals surface area contributed by atoms with Gasteiger partial charge in [-0.05, 0) is 56.6 Å². The summed E-state index contributed by atoms with van der Waals surface area (Å²) in [6.45, 7) is 3.52. The Hall–Kier alpha value is -1.83. The Balaban J connectivity index is 1.74. The molecular weight excluding hydrogens is 260 g/mol. The molecule has 0 bridgehead atoms. The summed E-state index contributed by atoms with van der Waals surface area (Å²) >= 11 is 0. The minimum Gasteiger partial charge on any atom is -0.465 e. The van der Waals surface area contributed by atoms with Crippen molar-refractivity contribution in [1.29, 1.82) is 0 Å². The molecule has 2 nitrogen and oxygen atoms in total. The Labute approximate surface area is 125 Å². The van der Waals surface area contributed by atoms with Crippen molar-refractivity contribution in [2.75, 3.05) is 0 Å². The summed E-state index contributed by atoms with van der Waals surface area (Å²) < 4.78 is 6.04. The maximum Gasteiger partial charge on any atom is 0.163 e. The lowest BCUT2D eigenvalue weighted by molar-refractivity contribution is 0.101. The highest BCUT2D eigenvalue weighted by molar-refractivity contribution is 5.95. The Bertz CT molecular complexity index is 694. The molecule has 1 heterocycles. The molecule has 4 rings (SSSR count). The van der Waals surface area contributed by atoms with Crippen LogP contribution in [-0.2, 0) is 5.41 Å². The van der Waals surface area contributed by atoms with E-state index in [1.165, 1.54) is 18.4 Å². The summed E-state index contributed by atoms with van der Waals surface area (Å²) in [6.07, 6.45) is 3.74. The van der Waals surface area contributed by atoms with Crippen LogP contribution in [0.1, 0.15) is 59.5 Å². The van der Waals surface area contributed by atoms with Gasteiger partial charge in [0.25, 0.3) is 0 Å². The van der Waals surface area contributed by atoms with Crippen LogP contribution >= 0.6 is 0 Å². The molecule has 2 atom stereocenters. The molecule has 2 aliphatic carbocycles. The molecule has 21 heavy (non-hydrogen) atoms. The van der Waals surface area contributed by atoms with E-state index in [1.807, 2.05) is 13.0 Å². The third-order valence-corrected chi connectivity index (χ3v) is 5.27. The lowest BCUT2D eigenvalue weighted by Crippen LogP contribution is -2.11. The van der Waals surface area contributed by atoms with Gasteiger partial charge in [0.1, 0.15) is 11.5 Å². The molecule has 2 saturated carbocycles. The zero-order valence-corrected chi connectivity index (χ0v) is 12.6. The molecule has 0 unspecified atom stereocenters. The lowest BCUT2D eigenvalue weighted by atomic mass is 9.90. The number of ketones is 1. The standard InChI is InChI=1S/C19H20O2/c1-12(20)16-10-18(21-13(16)2)19(15-8-9-15)11-17(19)14-6-4-3-5-7-14/h3-7,10,15,17H,8-9,11H2,1-2H3/t17-,19-/m0/s1. The van der Waals surface area contributed by atoms with Gasteiger partial charge in [-0.1, -0.05) is 30.3 Å². The number of furan rings is 1. The van der Waals surface area contributed by atoms with Crippen LogP contribution < -0.4 is 0 Å². The van der Waals surface area contributed by atoms with Crippen molar-refractivity contribution in [2.24, 2.45) is 5.92 Å². The number of Topliss-reactive ketones (excluding diaryl/α,β-unsaturated/α-hetero) is 1. The van der Waals surface area contributed by atoms with E-state index >= 15 is 0 Å². The molecule has 0 aliphatic heterocycles. The van der Waals surface area contributed by atoms with Crippen molar-refractivity contribution in [3.8, 4) is 0 Å². The van der Waals surface area contributed by atoms with Crippen LogP contribution in [0.3, 0.4) is 0 Å². The predicted molar refractivity (Wildman–Crippen MR) is 81.7 cm³/mol. The summed E-state index contributed by atoms with van der Waals surface area (Å²) in [5, 5.41) is 0. The van der Waals surface area contributed by atoms with Crippen molar-refractivity contribution < 1.29 is 9.21 Å². The first-order valence-corrected chi connectivity index (χ1v) is 7.79. The molecule has 1 aromatic heterocycles. The van der Waals surface area contributed by atoms with Gasteiger partial charge < -0.3 is 4.42 Å². The van der Waals surface area contributed by atoms with Gasteiger partial charge in [0.2, 0.25) is 0 Å². The molecule has 0 spiro atoms. The van der Waals surface area contributed by atoms with Crippen LogP contribution in [0.15, 0.2) is 40.8 Å². The van der Waals surface area contributed by atoms with E-state index in [4.69, 9.17) is 4.42 Å². The molecule has 2 aromatic rings. The van der Waals surface area contributed by atoms with E-state index in [0.717, 1.165) is 29.4 Å². The van der Waals surface area contributed by atoms with Crippen molar-refractivity contribution >= 4 is 5.78 Å².